The van der Waals surface area contributed by atoms with Crippen LogP contribution in [-0.2, 0) is 9.84 Å². The summed E-state index contributed by atoms with van der Waals surface area (Å²) in [7, 11) is -3.83. The Kier molecular flexibility index (Phi) is 5.69. The number of hydrogen-bond donors (Lipinski definition) is 0. The average Bonchev–Trinajstić information content (AvgIpc) is 1.99. The van der Waals surface area contributed by atoms with E-state index in [0.717, 1.165) is 6.26 Å². The van der Waals surface area contributed by atoms with Gasteiger partial charge in [0.05, 0.1) is 0 Å². The third kappa shape index (κ3) is 4.12. The van der Waals surface area contributed by atoms with Crippen molar-refractivity contribution in [1.82, 2.24) is 0 Å². The Labute approximate surface area is 133 Å². The molecule has 2 nitrogen and oxygen atoms in total. The van der Waals surface area contributed by atoms with Gasteiger partial charge in [-0.1, -0.05) is 12.1 Å². The molecule has 0 unspecified atom stereocenters. The Hall–Kier alpha value is 0.591. The standard InChI is InChI=1S/C7H6BF4O2S.K/c1-15(13,14)7-3-2-5(4-6(7)9)8(10,11)12;/h2-4H,1H3;/q-1;+1. The summed E-state index contributed by atoms with van der Waals surface area (Å²) >= 11 is 0. The van der Waals surface area contributed by atoms with Gasteiger partial charge in [-0.25, -0.2) is 12.8 Å². The van der Waals surface area contributed by atoms with Crippen LogP contribution < -0.4 is 56.8 Å². The molecular formula is C7H6BF4KO2S. The first-order chi connectivity index (χ1) is 6.62. The molecule has 0 saturated carbocycles. The number of rotatable bonds is 2. The molecule has 0 bridgehead atoms. The van der Waals surface area contributed by atoms with E-state index >= 15 is 0 Å². The summed E-state index contributed by atoms with van der Waals surface area (Å²) in [4.78, 5) is -0.730. The SMILES string of the molecule is CS(=O)(=O)c1ccc([B-](F)(F)F)cc1F.[K+]. The number of hydrogen-bond acceptors (Lipinski definition) is 2. The summed E-state index contributed by atoms with van der Waals surface area (Å²) in [6, 6.07) is 1.37. The number of sulfone groups is 1. The summed E-state index contributed by atoms with van der Waals surface area (Å²) in [6.07, 6.45) is 0.726. The molecule has 0 aliphatic heterocycles. The molecule has 0 atom stereocenters. The molecular weight excluding hydrogens is 274 g/mol. The van der Waals surface area contributed by atoms with E-state index < -0.39 is 33.0 Å². The Balaban J connectivity index is 0.00000225. The molecule has 0 spiro atoms. The van der Waals surface area contributed by atoms with Crippen LogP contribution in [0.25, 0.3) is 0 Å². The molecule has 0 fully saturated rings. The zero-order valence-corrected chi connectivity index (χ0v) is 12.5. The van der Waals surface area contributed by atoms with E-state index in [4.69, 9.17) is 0 Å². The maximum atomic E-state index is 13.0. The van der Waals surface area contributed by atoms with Crippen LogP contribution in [0.2, 0.25) is 0 Å². The van der Waals surface area contributed by atoms with Crippen molar-refractivity contribution in [2.45, 2.75) is 4.90 Å². The Morgan fingerprint density at radius 2 is 1.69 bits per heavy atom. The van der Waals surface area contributed by atoms with E-state index in [-0.39, 0.29) is 57.5 Å². The smallest absolute Gasteiger partial charge is 0.445 e. The first kappa shape index (κ1) is 16.6. The number of benzene rings is 1. The van der Waals surface area contributed by atoms with Gasteiger partial charge in [0, 0.05) is 6.26 Å². The van der Waals surface area contributed by atoms with Crippen molar-refractivity contribution in [2.75, 3.05) is 6.26 Å². The van der Waals surface area contributed by atoms with Crippen LogP contribution in [0.4, 0.5) is 17.3 Å². The molecule has 84 valence electrons. The van der Waals surface area contributed by atoms with Crippen molar-refractivity contribution in [1.29, 1.82) is 0 Å². The first-order valence-electron chi connectivity index (χ1n) is 3.82. The fourth-order valence-corrected chi connectivity index (χ4v) is 1.75. The van der Waals surface area contributed by atoms with Gasteiger partial charge in [-0.3, -0.25) is 0 Å². The third-order valence-corrected chi connectivity index (χ3v) is 2.86. The van der Waals surface area contributed by atoms with Crippen molar-refractivity contribution in [3.05, 3.63) is 24.0 Å². The second kappa shape index (κ2) is 5.49. The van der Waals surface area contributed by atoms with E-state index in [0.29, 0.717) is 12.1 Å². The normalized spacial score (nSPS) is 12.1. The molecule has 0 heterocycles. The molecule has 0 aliphatic carbocycles. The molecule has 0 aromatic heterocycles. The van der Waals surface area contributed by atoms with Crippen molar-refractivity contribution in [2.24, 2.45) is 0 Å². The van der Waals surface area contributed by atoms with Crippen LogP contribution in [0.15, 0.2) is 23.1 Å². The molecule has 0 saturated heterocycles. The van der Waals surface area contributed by atoms with E-state index in [2.05, 4.69) is 0 Å². The minimum Gasteiger partial charge on any atom is -0.445 e. The van der Waals surface area contributed by atoms with Gasteiger partial charge in [0.1, 0.15) is 10.7 Å². The van der Waals surface area contributed by atoms with Gasteiger partial charge in [0.2, 0.25) is 0 Å². The molecule has 0 amide bonds. The summed E-state index contributed by atoms with van der Waals surface area (Å²) < 4.78 is 71.2. The number of halogens is 4. The molecule has 1 aromatic carbocycles. The van der Waals surface area contributed by atoms with Gasteiger partial charge < -0.3 is 12.9 Å². The summed E-state index contributed by atoms with van der Waals surface area (Å²) in [5.41, 5.74) is -1.15. The van der Waals surface area contributed by atoms with E-state index in [1.165, 1.54) is 0 Å². The Bertz CT molecular complexity index is 486. The second-order valence-electron chi connectivity index (χ2n) is 3.04. The maximum Gasteiger partial charge on any atom is 1.00 e. The third-order valence-electron chi connectivity index (χ3n) is 1.73. The van der Waals surface area contributed by atoms with Crippen LogP contribution in [0, 0.1) is 5.82 Å². The van der Waals surface area contributed by atoms with Crippen LogP contribution >= 0.6 is 0 Å². The summed E-state index contributed by atoms with van der Waals surface area (Å²) in [5, 5.41) is 0. The van der Waals surface area contributed by atoms with E-state index in [1.54, 1.807) is 0 Å². The zero-order valence-electron chi connectivity index (χ0n) is 8.55. The van der Waals surface area contributed by atoms with Crippen LogP contribution in [-0.4, -0.2) is 21.7 Å². The minimum absolute atomic E-state index is 0. The van der Waals surface area contributed by atoms with Crippen LogP contribution in [0.1, 0.15) is 0 Å². The van der Waals surface area contributed by atoms with Gasteiger partial charge in [-0.05, 0) is 6.07 Å². The van der Waals surface area contributed by atoms with Gasteiger partial charge >= 0.3 is 58.4 Å². The molecule has 0 N–H and O–H groups in total. The summed E-state index contributed by atoms with van der Waals surface area (Å²) in [6.45, 7) is -5.31. The van der Waals surface area contributed by atoms with Crippen molar-refractivity contribution in [3.63, 3.8) is 0 Å². The maximum absolute atomic E-state index is 13.0. The Morgan fingerprint density at radius 1 is 1.19 bits per heavy atom. The second-order valence-corrected chi connectivity index (χ2v) is 5.02. The fourth-order valence-electron chi connectivity index (χ4n) is 1.02. The Morgan fingerprint density at radius 3 is 2.00 bits per heavy atom. The molecule has 16 heavy (non-hydrogen) atoms. The van der Waals surface area contributed by atoms with Crippen molar-refractivity contribution < 1.29 is 77.1 Å². The predicted molar refractivity (Wildman–Crippen MR) is 48.2 cm³/mol. The van der Waals surface area contributed by atoms with Crippen molar-refractivity contribution >= 4 is 22.3 Å². The van der Waals surface area contributed by atoms with Crippen LogP contribution in [0.5, 0.6) is 0 Å². The van der Waals surface area contributed by atoms with Crippen LogP contribution in [0.3, 0.4) is 0 Å². The summed E-state index contributed by atoms with van der Waals surface area (Å²) in [5.74, 6) is -1.38. The first-order valence-corrected chi connectivity index (χ1v) is 5.71. The molecule has 0 radical (unpaired) electrons. The minimum atomic E-state index is -5.31. The predicted octanol–water partition coefficient (Wildman–Crippen LogP) is -1.71. The van der Waals surface area contributed by atoms with E-state index in [9.17, 15) is 25.8 Å². The zero-order chi connectivity index (χ0) is 11.9. The molecule has 1 rings (SSSR count). The molecule has 9 heteroatoms. The monoisotopic (exact) mass is 280 g/mol. The average molecular weight is 280 g/mol. The van der Waals surface area contributed by atoms with Gasteiger partial charge in [0.15, 0.2) is 9.84 Å². The topological polar surface area (TPSA) is 34.1 Å². The van der Waals surface area contributed by atoms with Gasteiger partial charge in [-0.2, -0.15) is 0 Å². The largest absolute Gasteiger partial charge is 1.00 e. The molecule has 0 aliphatic rings. The van der Waals surface area contributed by atoms with Gasteiger partial charge in [-0.15, -0.1) is 5.46 Å². The van der Waals surface area contributed by atoms with Gasteiger partial charge in [0.25, 0.3) is 0 Å². The van der Waals surface area contributed by atoms with Crippen molar-refractivity contribution in [3.8, 4) is 0 Å². The fraction of sp³-hybridized carbons (Fsp3) is 0.143. The molecule has 1 aromatic rings. The quantitative estimate of drug-likeness (QED) is 0.477. The van der Waals surface area contributed by atoms with E-state index in [1.807, 2.05) is 0 Å².